The summed E-state index contributed by atoms with van der Waals surface area (Å²) in [5.74, 6) is -0.584. The van der Waals surface area contributed by atoms with E-state index in [0.717, 1.165) is 12.1 Å². The predicted molar refractivity (Wildman–Crippen MR) is 115 cm³/mol. The van der Waals surface area contributed by atoms with E-state index in [1.165, 1.54) is 31.4 Å². The van der Waals surface area contributed by atoms with Gasteiger partial charge in [-0.2, -0.15) is 13.2 Å². The Morgan fingerprint density at radius 3 is 1.85 bits per heavy atom. The molecule has 0 unspecified atom stereocenters. The Labute approximate surface area is 187 Å². The number of alkyl halides is 3. The molecule has 3 rings (SSSR count). The Kier molecular flexibility index (Phi) is 6.73. The molecule has 33 heavy (non-hydrogen) atoms. The lowest BCUT2D eigenvalue weighted by Crippen LogP contribution is -2.23. The molecule has 3 aromatic carbocycles. The molecule has 2 amide bonds. The van der Waals surface area contributed by atoms with E-state index < -0.39 is 32.1 Å². The van der Waals surface area contributed by atoms with Gasteiger partial charge in [-0.1, -0.05) is 12.1 Å². The third-order valence-electron chi connectivity index (χ3n) is 4.49. The monoisotopic (exact) mass is 478 g/mol. The van der Waals surface area contributed by atoms with Crippen molar-refractivity contribution in [2.24, 2.45) is 0 Å². The molecule has 7 nitrogen and oxygen atoms in total. The molecule has 2 N–H and O–H groups in total. The van der Waals surface area contributed by atoms with Gasteiger partial charge in [0.1, 0.15) is 5.75 Å². The van der Waals surface area contributed by atoms with E-state index in [2.05, 4.69) is 10.6 Å². The van der Waals surface area contributed by atoms with Gasteiger partial charge in [0.2, 0.25) is 0 Å². The van der Waals surface area contributed by atoms with Gasteiger partial charge in [0.25, 0.3) is 21.7 Å². The highest BCUT2D eigenvalue weighted by Crippen LogP contribution is 2.30. The maximum atomic E-state index is 12.6. The fourth-order valence-electron chi connectivity index (χ4n) is 2.77. The largest absolute Gasteiger partial charge is 0.501 e. The number of amides is 2. The van der Waals surface area contributed by atoms with Crippen LogP contribution in [0.2, 0.25) is 0 Å². The van der Waals surface area contributed by atoms with Crippen molar-refractivity contribution < 1.29 is 35.9 Å². The first-order valence-corrected chi connectivity index (χ1v) is 10.8. The third-order valence-corrected chi connectivity index (χ3v) is 5.99. The van der Waals surface area contributed by atoms with Gasteiger partial charge in [-0.15, -0.1) is 0 Å². The minimum Gasteiger partial charge on any atom is -0.495 e. The zero-order valence-electron chi connectivity index (χ0n) is 17.0. The number of methoxy groups -OCH3 is 1. The second-order valence-electron chi connectivity index (χ2n) is 6.66. The zero-order valence-corrected chi connectivity index (χ0v) is 17.8. The highest BCUT2D eigenvalue weighted by molar-refractivity contribution is 7.92. The van der Waals surface area contributed by atoms with Crippen molar-refractivity contribution >= 4 is 33.0 Å². The maximum Gasteiger partial charge on any atom is 0.501 e. The van der Waals surface area contributed by atoms with Crippen molar-refractivity contribution in [3.05, 3.63) is 83.9 Å². The molecule has 172 valence electrons. The molecule has 0 bridgehead atoms. The number of hydrogen-bond acceptors (Lipinski definition) is 5. The van der Waals surface area contributed by atoms with E-state index in [4.69, 9.17) is 4.74 Å². The molecule has 11 heteroatoms. The molecule has 0 aliphatic rings. The van der Waals surface area contributed by atoms with Gasteiger partial charge < -0.3 is 15.4 Å². The summed E-state index contributed by atoms with van der Waals surface area (Å²) in [6.07, 6.45) is 0. The molecule has 3 aromatic rings. The van der Waals surface area contributed by atoms with Crippen molar-refractivity contribution in [1.29, 1.82) is 0 Å². The summed E-state index contributed by atoms with van der Waals surface area (Å²) >= 11 is 0. The molecule has 0 atom stereocenters. The van der Waals surface area contributed by atoms with Crippen LogP contribution in [0.4, 0.5) is 24.5 Å². The maximum absolute atomic E-state index is 12.6. The van der Waals surface area contributed by atoms with Crippen LogP contribution in [0, 0.1) is 0 Å². The summed E-state index contributed by atoms with van der Waals surface area (Å²) in [5, 5.41) is 5.23. The summed E-state index contributed by atoms with van der Waals surface area (Å²) in [4.78, 5) is 23.8. The number of hydrogen-bond donors (Lipinski definition) is 2. The van der Waals surface area contributed by atoms with Gasteiger partial charge in [-0.3, -0.25) is 9.59 Å². The van der Waals surface area contributed by atoms with Crippen molar-refractivity contribution in [3.8, 4) is 5.75 Å². The molecule has 0 aromatic heterocycles. The zero-order chi connectivity index (χ0) is 24.2. The number of anilines is 2. The van der Waals surface area contributed by atoms with Crippen LogP contribution < -0.4 is 15.4 Å². The van der Waals surface area contributed by atoms with Crippen LogP contribution in [-0.2, 0) is 9.84 Å². The second kappa shape index (κ2) is 9.33. The molecular weight excluding hydrogens is 461 g/mol. The first-order valence-electron chi connectivity index (χ1n) is 9.30. The first-order chi connectivity index (χ1) is 15.5. The molecule has 0 aliphatic heterocycles. The fraction of sp³-hybridized carbons (Fsp3) is 0.0909. The topological polar surface area (TPSA) is 102 Å². The molecule has 0 spiro atoms. The van der Waals surface area contributed by atoms with E-state index in [1.807, 2.05) is 0 Å². The summed E-state index contributed by atoms with van der Waals surface area (Å²) < 4.78 is 65.8. The first kappa shape index (κ1) is 23.8. The van der Waals surface area contributed by atoms with E-state index in [0.29, 0.717) is 34.8 Å². The Balaban J connectivity index is 1.67. The standard InChI is InChI=1S/C22H17F3N2O5S/c1-32-19-5-3-2-4-18(19)27-21(29)14-6-10-16(11-7-14)26-20(28)15-8-12-17(13-9-15)33(30,31)22(23,24)25/h2-13H,1H3,(H,26,28)(H,27,29). The van der Waals surface area contributed by atoms with Crippen LogP contribution in [0.1, 0.15) is 20.7 Å². The number of carbonyl (C=O) groups is 2. The van der Waals surface area contributed by atoms with Gasteiger partial charge in [-0.05, 0) is 60.7 Å². The molecule has 0 fully saturated rings. The Morgan fingerprint density at radius 2 is 1.30 bits per heavy atom. The number of sulfone groups is 1. The minimum atomic E-state index is -5.50. The van der Waals surface area contributed by atoms with E-state index in [-0.39, 0.29) is 5.56 Å². The van der Waals surface area contributed by atoms with E-state index >= 15 is 0 Å². The van der Waals surface area contributed by atoms with Crippen LogP contribution in [0.5, 0.6) is 5.75 Å². The van der Waals surface area contributed by atoms with Crippen molar-refractivity contribution in [2.45, 2.75) is 10.4 Å². The number of halogens is 3. The van der Waals surface area contributed by atoms with Crippen LogP contribution in [0.25, 0.3) is 0 Å². The number of rotatable bonds is 6. The van der Waals surface area contributed by atoms with Gasteiger partial charge >= 0.3 is 5.51 Å². The fourth-order valence-corrected chi connectivity index (χ4v) is 3.53. The summed E-state index contributed by atoms with van der Waals surface area (Å²) in [5.41, 5.74) is -4.37. The Morgan fingerprint density at radius 1 is 0.788 bits per heavy atom. The minimum absolute atomic E-state index is 0.0471. The molecule has 0 heterocycles. The number of para-hydroxylation sites is 2. The molecule has 0 saturated heterocycles. The van der Waals surface area contributed by atoms with Gasteiger partial charge in [0.15, 0.2) is 0 Å². The summed E-state index contributed by atoms with van der Waals surface area (Å²) in [7, 11) is -4.02. The quantitative estimate of drug-likeness (QED) is 0.544. The lowest BCUT2D eigenvalue weighted by Gasteiger charge is -2.11. The number of nitrogens with one attached hydrogen (secondary N) is 2. The lowest BCUT2D eigenvalue weighted by molar-refractivity contribution is -0.0436. The smallest absolute Gasteiger partial charge is 0.495 e. The van der Waals surface area contributed by atoms with Crippen molar-refractivity contribution in [3.63, 3.8) is 0 Å². The van der Waals surface area contributed by atoms with Gasteiger partial charge in [0, 0.05) is 16.8 Å². The number of benzene rings is 3. The predicted octanol–water partition coefficient (Wildman–Crippen LogP) is 4.49. The van der Waals surface area contributed by atoms with Crippen molar-refractivity contribution in [2.75, 3.05) is 17.7 Å². The SMILES string of the molecule is COc1ccccc1NC(=O)c1ccc(NC(=O)c2ccc(S(=O)(=O)C(F)(F)F)cc2)cc1. The van der Waals surface area contributed by atoms with Crippen LogP contribution in [0.15, 0.2) is 77.7 Å². The Bertz CT molecular complexity index is 1270. The lowest BCUT2D eigenvalue weighted by atomic mass is 10.1. The normalized spacial score (nSPS) is 11.5. The van der Waals surface area contributed by atoms with Gasteiger partial charge in [0.05, 0.1) is 17.7 Å². The van der Waals surface area contributed by atoms with Gasteiger partial charge in [-0.25, -0.2) is 8.42 Å². The molecular formula is C22H17F3N2O5S. The van der Waals surface area contributed by atoms with Crippen LogP contribution >= 0.6 is 0 Å². The average molecular weight is 478 g/mol. The van der Waals surface area contributed by atoms with Crippen molar-refractivity contribution in [1.82, 2.24) is 0 Å². The molecule has 0 saturated carbocycles. The van der Waals surface area contributed by atoms with E-state index in [1.54, 1.807) is 24.3 Å². The summed E-state index contributed by atoms with van der Waals surface area (Å²) in [6, 6.07) is 16.1. The molecule has 0 radical (unpaired) electrons. The Hall–Kier alpha value is -3.86. The highest BCUT2D eigenvalue weighted by atomic mass is 32.2. The van der Waals surface area contributed by atoms with Crippen LogP contribution in [0.3, 0.4) is 0 Å². The third kappa shape index (κ3) is 5.32. The molecule has 0 aliphatic carbocycles. The number of carbonyl (C=O) groups excluding carboxylic acids is 2. The number of ether oxygens (including phenoxy) is 1. The van der Waals surface area contributed by atoms with E-state index in [9.17, 15) is 31.2 Å². The summed E-state index contributed by atoms with van der Waals surface area (Å²) in [6.45, 7) is 0. The highest BCUT2D eigenvalue weighted by Gasteiger charge is 2.46. The average Bonchev–Trinajstić information content (AvgIpc) is 2.79. The van der Waals surface area contributed by atoms with Crippen LogP contribution in [-0.4, -0.2) is 32.9 Å². The second-order valence-corrected chi connectivity index (χ2v) is 8.60.